The zero-order valence-corrected chi connectivity index (χ0v) is 11.2. The first-order valence-corrected chi connectivity index (χ1v) is 6.84. The summed E-state index contributed by atoms with van der Waals surface area (Å²) in [6.07, 6.45) is 3.08. The molecule has 0 aromatic carbocycles. The van der Waals surface area contributed by atoms with Gasteiger partial charge in [-0.3, -0.25) is 4.79 Å². The number of carbonyl (C=O) groups excluding carboxylic acids is 1. The number of allylic oxidation sites excluding steroid dienone is 1. The number of carbonyl (C=O) groups is 1. The molecular weight excluding hydrogens is 275 g/mol. The number of nitrogens with zero attached hydrogens (tertiary/aromatic N) is 2. The molecule has 0 bridgehead atoms. The van der Waals surface area contributed by atoms with Gasteiger partial charge in [-0.25, -0.2) is 9.37 Å². The molecule has 0 aliphatic carbocycles. The molecule has 0 radical (unpaired) electrons. The first-order chi connectivity index (χ1) is 8.69. The summed E-state index contributed by atoms with van der Waals surface area (Å²) in [6, 6.07) is 3.63. The number of pyridine rings is 1. The van der Waals surface area contributed by atoms with Gasteiger partial charge in [0, 0.05) is 31.1 Å². The number of hydrogen-bond acceptors (Lipinski definition) is 4. The molecule has 6 heteroatoms. The molecule has 0 saturated carbocycles. The van der Waals surface area contributed by atoms with E-state index in [0.717, 1.165) is 22.9 Å². The summed E-state index contributed by atoms with van der Waals surface area (Å²) in [5.41, 5.74) is 1.01. The van der Waals surface area contributed by atoms with Crippen molar-refractivity contribution in [2.75, 3.05) is 19.0 Å². The molecule has 1 aliphatic heterocycles. The van der Waals surface area contributed by atoms with Crippen LogP contribution in [-0.2, 0) is 11.3 Å². The summed E-state index contributed by atoms with van der Waals surface area (Å²) in [7, 11) is 0. The van der Waals surface area contributed by atoms with E-state index in [0.29, 0.717) is 11.7 Å². The van der Waals surface area contributed by atoms with E-state index in [9.17, 15) is 9.18 Å². The monoisotopic (exact) mass is 286 g/mol. The zero-order valence-electron chi connectivity index (χ0n) is 9.60. The number of rotatable bonds is 4. The molecule has 0 amide bonds. The summed E-state index contributed by atoms with van der Waals surface area (Å²) in [4.78, 5) is 17.1. The number of halogens is 2. The van der Waals surface area contributed by atoms with Crippen molar-refractivity contribution in [2.45, 2.75) is 6.54 Å². The summed E-state index contributed by atoms with van der Waals surface area (Å²) in [5, 5.41) is 1.28. The third-order valence-electron chi connectivity index (χ3n) is 2.50. The molecular formula is C12H12ClFN2OS. The lowest BCUT2D eigenvalue weighted by atomic mass is 10.2. The Kier molecular flexibility index (Phi) is 4.60. The number of thioether (sulfide) groups is 1. The fourth-order valence-corrected chi connectivity index (χ4v) is 2.83. The van der Waals surface area contributed by atoms with Gasteiger partial charge in [0.2, 0.25) is 0 Å². The van der Waals surface area contributed by atoms with E-state index >= 15 is 0 Å². The molecule has 18 heavy (non-hydrogen) atoms. The van der Waals surface area contributed by atoms with Crippen LogP contribution >= 0.6 is 23.4 Å². The van der Waals surface area contributed by atoms with Crippen molar-refractivity contribution in [1.29, 1.82) is 0 Å². The Balaban J connectivity index is 2.06. The molecule has 0 spiro atoms. The van der Waals surface area contributed by atoms with Gasteiger partial charge in [0.25, 0.3) is 0 Å². The fourth-order valence-electron chi connectivity index (χ4n) is 1.65. The number of aromatic nitrogens is 1. The van der Waals surface area contributed by atoms with Crippen LogP contribution in [0.5, 0.6) is 0 Å². The second kappa shape index (κ2) is 6.20. The lowest BCUT2D eigenvalue weighted by Gasteiger charge is -2.18. The number of ketones is 1. The van der Waals surface area contributed by atoms with Gasteiger partial charge in [-0.15, -0.1) is 11.8 Å². The van der Waals surface area contributed by atoms with Crippen LogP contribution in [0.4, 0.5) is 4.39 Å². The average molecular weight is 287 g/mol. The Hall–Kier alpha value is -1.07. The minimum atomic E-state index is -0.944. The van der Waals surface area contributed by atoms with Crippen LogP contribution in [0.2, 0.25) is 5.15 Å². The van der Waals surface area contributed by atoms with Crippen molar-refractivity contribution >= 4 is 29.1 Å². The van der Waals surface area contributed by atoms with Crippen molar-refractivity contribution in [3.05, 3.63) is 40.2 Å². The number of alkyl halides is 1. The normalized spacial score (nSPS) is 17.4. The fraction of sp³-hybridized carbons (Fsp3) is 0.333. The van der Waals surface area contributed by atoms with Crippen LogP contribution in [0.25, 0.3) is 0 Å². The molecule has 96 valence electrons. The van der Waals surface area contributed by atoms with Crippen LogP contribution in [0.3, 0.4) is 0 Å². The molecule has 0 atom stereocenters. The zero-order chi connectivity index (χ0) is 13.0. The topological polar surface area (TPSA) is 33.2 Å². The minimum absolute atomic E-state index is 0.456. The Labute approximate surface area is 114 Å². The Morgan fingerprint density at radius 3 is 3.11 bits per heavy atom. The second-order valence-corrected chi connectivity index (χ2v) is 5.34. The summed E-state index contributed by atoms with van der Waals surface area (Å²) in [5.74, 6) is 0.422. The SMILES string of the molecule is O=C(/C=C1\SCCN1Cc1ccc(Cl)nc1)CF. The van der Waals surface area contributed by atoms with E-state index in [-0.39, 0.29) is 0 Å². The largest absolute Gasteiger partial charge is 0.361 e. The molecule has 1 saturated heterocycles. The first kappa shape index (κ1) is 13.4. The lowest BCUT2D eigenvalue weighted by molar-refractivity contribution is -0.115. The van der Waals surface area contributed by atoms with Crippen molar-refractivity contribution in [3.63, 3.8) is 0 Å². The summed E-state index contributed by atoms with van der Waals surface area (Å²) >= 11 is 7.29. The smallest absolute Gasteiger partial charge is 0.189 e. The van der Waals surface area contributed by atoms with Crippen LogP contribution in [0.1, 0.15) is 5.56 Å². The molecule has 2 heterocycles. The van der Waals surface area contributed by atoms with E-state index in [1.807, 2.05) is 11.0 Å². The van der Waals surface area contributed by atoms with Gasteiger partial charge in [-0.05, 0) is 11.6 Å². The Morgan fingerprint density at radius 1 is 1.61 bits per heavy atom. The quantitative estimate of drug-likeness (QED) is 0.629. The van der Waals surface area contributed by atoms with Crippen LogP contribution in [0, 0.1) is 0 Å². The van der Waals surface area contributed by atoms with Crippen molar-refractivity contribution in [2.24, 2.45) is 0 Å². The standard InChI is InChI=1S/C12H12ClFN2OS/c13-11-2-1-9(7-15-11)8-16-3-4-18-12(16)5-10(17)6-14/h1-2,5,7H,3-4,6,8H2/b12-5-. The first-order valence-electron chi connectivity index (χ1n) is 5.47. The van der Waals surface area contributed by atoms with E-state index in [1.165, 1.54) is 6.08 Å². The predicted molar refractivity (Wildman–Crippen MR) is 71.2 cm³/mol. The van der Waals surface area contributed by atoms with Crippen LogP contribution in [-0.4, -0.2) is 34.6 Å². The molecule has 1 fully saturated rings. The van der Waals surface area contributed by atoms with Gasteiger partial charge in [-0.1, -0.05) is 17.7 Å². The molecule has 2 rings (SSSR count). The minimum Gasteiger partial charge on any atom is -0.361 e. The molecule has 0 N–H and O–H groups in total. The van der Waals surface area contributed by atoms with Crippen LogP contribution < -0.4 is 0 Å². The summed E-state index contributed by atoms with van der Waals surface area (Å²) in [6.45, 7) is 0.557. The highest BCUT2D eigenvalue weighted by Gasteiger charge is 2.19. The van der Waals surface area contributed by atoms with E-state index in [2.05, 4.69) is 4.98 Å². The van der Waals surface area contributed by atoms with Gasteiger partial charge in [0.15, 0.2) is 12.5 Å². The number of hydrogen-bond donors (Lipinski definition) is 0. The highest BCUT2D eigenvalue weighted by molar-refractivity contribution is 8.03. The van der Waals surface area contributed by atoms with Crippen LogP contribution in [0.15, 0.2) is 29.4 Å². The van der Waals surface area contributed by atoms with Gasteiger partial charge in [0.05, 0.1) is 5.03 Å². The summed E-state index contributed by atoms with van der Waals surface area (Å²) < 4.78 is 12.2. The lowest BCUT2D eigenvalue weighted by Crippen LogP contribution is -2.18. The molecule has 0 unspecified atom stereocenters. The Bertz CT molecular complexity index is 464. The van der Waals surface area contributed by atoms with Crippen molar-refractivity contribution in [3.8, 4) is 0 Å². The second-order valence-electron chi connectivity index (χ2n) is 3.84. The van der Waals surface area contributed by atoms with Gasteiger partial charge < -0.3 is 4.90 Å². The highest BCUT2D eigenvalue weighted by atomic mass is 35.5. The van der Waals surface area contributed by atoms with E-state index in [1.54, 1.807) is 24.0 Å². The maximum Gasteiger partial charge on any atom is 0.189 e. The van der Waals surface area contributed by atoms with E-state index < -0.39 is 12.5 Å². The van der Waals surface area contributed by atoms with Crippen molar-refractivity contribution in [1.82, 2.24) is 9.88 Å². The predicted octanol–water partition coefficient (Wildman–Crippen LogP) is 2.66. The van der Waals surface area contributed by atoms with E-state index in [4.69, 9.17) is 11.6 Å². The highest BCUT2D eigenvalue weighted by Crippen LogP contribution is 2.29. The third-order valence-corrected chi connectivity index (χ3v) is 3.78. The van der Waals surface area contributed by atoms with Gasteiger partial charge >= 0.3 is 0 Å². The average Bonchev–Trinajstić information content (AvgIpc) is 2.79. The maximum atomic E-state index is 12.2. The molecule has 1 aromatic heterocycles. The molecule has 1 aliphatic rings. The molecule has 1 aromatic rings. The van der Waals surface area contributed by atoms with Gasteiger partial charge in [-0.2, -0.15) is 0 Å². The third kappa shape index (κ3) is 3.46. The van der Waals surface area contributed by atoms with Crippen molar-refractivity contribution < 1.29 is 9.18 Å². The molecule has 3 nitrogen and oxygen atoms in total. The Morgan fingerprint density at radius 2 is 2.44 bits per heavy atom. The maximum absolute atomic E-state index is 12.2. The van der Waals surface area contributed by atoms with Gasteiger partial charge in [0.1, 0.15) is 5.15 Å².